The first kappa shape index (κ1) is 15.0. The first-order valence-electron chi connectivity index (χ1n) is 6.00. The van der Waals surface area contributed by atoms with Gasteiger partial charge in [0.15, 0.2) is 11.5 Å². The van der Waals surface area contributed by atoms with Crippen LogP contribution < -0.4 is 14.2 Å². The van der Waals surface area contributed by atoms with Crippen LogP contribution in [0.3, 0.4) is 0 Å². The molecule has 0 saturated carbocycles. The number of phenols is 1. The number of nitrogens with one attached hydrogen (secondary N) is 1. The van der Waals surface area contributed by atoms with Gasteiger partial charge in [0.1, 0.15) is 5.75 Å². The SMILES string of the molecule is COc1ccc(S(=O)(=O)Nc2ccc(O)cc2)cc1OC. The Hall–Kier alpha value is -2.41. The fourth-order valence-corrected chi connectivity index (χ4v) is 2.80. The van der Waals surface area contributed by atoms with Gasteiger partial charge in [0, 0.05) is 11.8 Å². The van der Waals surface area contributed by atoms with E-state index < -0.39 is 10.0 Å². The predicted molar refractivity (Wildman–Crippen MR) is 78.5 cm³/mol. The van der Waals surface area contributed by atoms with Crippen LogP contribution >= 0.6 is 0 Å². The monoisotopic (exact) mass is 309 g/mol. The molecular weight excluding hydrogens is 294 g/mol. The summed E-state index contributed by atoms with van der Waals surface area (Å²) in [4.78, 5) is 0.0493. The van der Waals surface area contributed by atoms with Crippen molar-refractivity contribution in [3.05, 3.63) is 42.5 Å². The summed E-state index contributed by atoms with van der Waals surface area (Å²) in [7, 11) is -0.846. The summed E-state index contributed by atoms with van der Waals surface area (Å²) in [5.41, 5.74) is 0.350. The van der Waals surface area contributed by atoms with Gasteiger partial charge in [-0.05, 0) is 36.4 Å². The van der Waals surface area contributed by atoms with Gasteiger partial charge in [-0.3, -0.25) is 4.72 Å². The van der Waals surface area contributed by atoms with Crippen LogP contribution in [-0.2, 0) is 10.0 Å². The van der Waals surface area contributed by atoms with Crippen LogP contribution in [0.2, 0.25) is 0 Å². The zero-order chi connectivity index (χ0) is 15.5. The highest BCUT2D eigenvalue weighted by atomic mass is 32.2. The van der Waals surface area contributed by atoms with Crippen molar-refractivity contribution < 1.29 is 23.0 Å². The second-order valence-electron chi connectivity index (χ2n) is 4.17. The summed E-state index contributed by atoms with van der Waals surface area (Å²) < 4.78 is 37.1. The zero-order valence-corrected chi connectivity index (χ0v) is 12.3. The summed E-state index contributed by atoms with van der Waals surface area (Å²) >= 11 is 0. The lowest BCUT2D eigenvalue weighted by Crippen LogP contribution is -2.13. The number of sulfonamides is 1. The van der Waals surface area contributed by atoms with Gasteiger partial charge in [0.05, 0.1) is 19.1 Å². The number of anilines is 1. The molecule has 2 aromatic carbocycles. The Morgan fingerprint density at radius 2 is 1.57 bits per heavy atom. The van der Waals surface area contributed by atoms with Crippen LogP contribution in [0.5, 0.6) is 17.2 Å². The minimum Gasteiger partial charge on any atom is -0.508 e. The average Bonchev–Trinajstić information content (AvgIpc) is 2.48. The smallest absolute Gasteiger partial charge is 0.262 e. The van der Waals surface area contributed by atoms with E-state index in [0.29, 0.717) is 17.2 Å². The van der Waals surface area contributed by atoms with Crippen LogP contribution in [0, 0.1) is 0 Å². The Balaban J connectivity index is 2.33. The normalized spacial score (nSPS) is 11.0. The lowest BCUT2D eigenvalue weighted by molar-refractivity contribution is 0.354. The number of hydrogen-bond acceptors (Lipinski definition) is 5. The van der Waals surface area contributed by atoms with E-state index >= 15 is 0 Å². The van der Waals surface area contributed by atoms with E-state index in [4.69, 9.17) is 9.47 Å². The lowest BCUT2D eigenvalue weighted by Gasteiger charge is -2.11. The molecule has 0 bridgehead atoms. The number of benzene rings is 2. The first-order chi connectivity index (χ1) is 9.96. The van der Waals surface area contributed by atoms with E-state index in [2.05, 4.69) is 4.72 Å². The topological polar surface area (TPSA) is 84.9 Å². The van der Waals surface area contributed by atoms with Crippen molar-refractivity contribution in [3.8, 4) is 17.2 Å². The van der Waals surface area contributed by atoms with E-state index in [9.17, 15) is 13.5 Å². The maximum absolute atomic E-state index is 12.3. The van der Waals surface area contributed by atoms with Gasteiger partial charge >= 0.3 is 0 Å². The number of ether oxygens (including phenoxy) is 2. The maximum Gasteiger partial charge on any atom is 0.262 e. The molecule has 2 aromatic rings. The van der Waals surface area contributed by atoms with E-state index in [1.54, 1.807) is 0 Å². The second-order valence-corrected chi connectivity index (χ2v) is 5.85. The van der Waals surface area contributed by atoms with Crippen molar-refractivity contribution in [2.75, 3.05) is 18.9 Å². The Kier molecular flexibility index (Phi) is 4.23. The molecule has 7 heteroatoms. The molecule has 0 aliphatic carbocycles. The molecule has 6 nitrogen and oxygen atoms in total. The molecule has 0 spiro atoms. The number of phenolic OH excluding ortho intramolecular Hbond substituents is 1. The van der Waals surface area contributed by atoms with Gasteiger partial charge in [-0.1, -0.05) is 0 Å². The van der Waals surface area contributed by atoms with E-state index in [-0.39, 0.29) is 10.6 Å². The van der Waals surface area contributed by atoms with Crippen LogP contribution in [0.1, 0.15) is 0 Å². The third-order valence-electron chi connectivity index (χ3n) is 2.78. The van der Waals surface area contributed by atoms with Crippen molar-refractivity contribution in [1.29, 1.82) is 0 Å². The molecule has 0 fully saturated rings. The summed E-state index contributed by atoms with van der Waals surface area (Å²) in [6.45, 7) is 0. The molecular formula is C14H15NO5S. The molecule has 21 heavy (non-hydrogen) atoms. The molecule has 2 N–H and O–H groups in total. The number of methoxy groups -OCH3 is 2. The van der Waals surface area contributed by atoms with Gasteiger partial charge < -0.3 is 14.6 Å². The van der Waals surface area contributed by atoms with E-state index in [0.717, 1.165) is 0 Å². The van der Waals surface area contributed by atoms with Crippen LogP contribution in [0.15, 0.2) is 47.4 Å². The first-order valence-corrected chi connectivity index (χ1v) is 7.48. The summed E-state index contributed by atoms with van der Waals surface area (Å²) in [5.74, 6) is 0.830. The molecule has 0 unspecified atom stereocenters. The van der Waals surface area contributed by atoms with Crippen LogP contribution in [0.4, 0.5) is 5.69 Å². The van der Waals surface area contributed by atoms with Crippen molar-refractivity contribution in [2.45, 2.75) is 4.90 Å². The largest absolute Gasteiger partial charge is 0.508 e. The Labute approximate surface area is 123 Å². The molecule has 0 saturated heterocycles. The quantitative estimate of drug-likeness (QED) is 0.827. The molecule has 0 aliphatic rings. The van der Waals surface area contributed by atoms with Gasteiger partial charge in [0.25, 0.3) is 10.0 Å². The summed E-state index contributed by atoms with van der Waals surface area (Å²) in [6, 6.07) is 10.0. The molecule has 0 aromatic heterocycles. The molecule has 2 rings (SSSR count). The molecule has 0 heterocycles. The fraction of sp³-hybridized carbons (Fsp3) is 0.143. The van der Waals surface area contributed by atoms with Gasteiger partial charge in [-0.25, -0.2) is 8.42 Å². The van der Waals surface area contributed by atoms with Crippen molar-refractivity contribution >= 4 is 15.7 Å². The van der Waals surface area contributed by atoms with Crippen molar-refractivity contribution in [1.82, 2.24) is 0 Å². The van der Waals surface area contributed by atoms with Crippen molar-refractivity contribution in [3.63, 3.8) is 0 Å². The minimum atomic E-state index is -3.75. The van der Waals surface area contributed by atoms with E-state index in [1.807, 2.05) is 0 Å². The minimum absolute atomic E-state index is 0.0493. The Morgan fingerprint density at radius 1 is 0.952 bits per heavy atom. The predicted octanol–water partition coefficient (Wildman–Crippen LogP) is 2.21. The highest BCUT2D eigenvalue weighted by molar-refractivity contribution is 7.92. The standard InChI is InChI=1S/C14H15NO5S/c1-19-13-8-7-12(9-14(13)20-2)21(17,18)15-10-3-5-11(16)6-4-10/h3-9,15-16H,1-2H3. The van der Waals surface area contributed by atoms with Gasteiger partial charge in [-0.15, -0.1) is 0 Å². The van der Waals surface area contributed by atoms with Crippen molar-refractivity contribution in [2.24, 2.45) is 0 Å². The Bertz CT molecular complexity index is 726. The lowest BCUT2D eigenvalue weighted by atomic mass is 10.3. The number of hydrogen-bond donors (Lipinski definition) is 2. The Morgan fingerprint density at radius 3 is 2.14 bits per heavy atom. The second kappa shape index (κ2) is 5.92. The summed E-state index contributed by atoms with van der Waals surface area (Å²) in [5, 5.41) is 9.19. The average molecular weight is 309 g/mol. The van der Waals surface area contributed by atoms with Gasteiger partial charge in [0.2, 0.25) is 0 Å². The third kappa shape index (κ3) is 3.38. The fourth-order valence-electron chi connectivity index (χ4n) is 1.73. The highest BCUT2D eigenvalue weighted by Gasteiger charge is 2.17. The van der Waals surface area contributed by atoms with Crippen LogP contribution in [-0.4, -0.2) is 27.7 Å². The van der Waals surface area contributed by atoms with Gasteiger partial charge in [-0.2, -0.15) is 0 Å². The van der Waals surface area contributed by atoms with Crippen LogP contribution in [0.25, 0.3) is 0 Å². The van der Waals surface area contributed by atoms with E-state index in [1.165, 1.54) is 56.7 Å². The molecule has 0 aliphatic heterocycles. The molecule has 0 atom stereocenters. The molecule has 112 valence electrons. The number of aromatic hydroxyl groups is 1. The highest BCUT2D eigenvalue weighted by Crippen LogP contribution is 2.30. The maximum atomic E-state index is 12.3. The third-order valence-corrected chi connectivity index (χ3v) is 4.16. The molecule has 0 amide bonds. The zero-order valence-electron chi connectivity index (χ0n) is 11.5. The summed E-state index contributed by atoms with van der Waals surface area (Å²) in [6.07, 6.45) is 0. The molecule has 0 radical (unpaired) electrons. The number of rotatable bonds is 5.